The Balaban J connectivity index is 2.23. The van der Waals surface area contributed by atoms with Crippen molar-refractivity contribution in [1.82, 2.24) is 20.0 Å². The Hall–Kier alpha value is -0.910. The van der Waals surface area contributed by atoms with Gasteiger partial charge in [0.2, 0.25) is 0 Å². The third-order valence-electron chi connectivity index (χ3n) is 3.55. The summed E-state index contributed by atoms with van der Waals surface area (Å²) in [5.41, 5.74) is 0.243. The topological polar surface area (TPSA) is 49.3 Å². The van der Waals surface area contributed by atoms with Gasteiger partial charge in [-0.2, -0.15) is 0 Å². The average molecular weight is 303 g/mol. The Bertz CT molecular complexity index is 507. The van der Waals surface area contributed by atoms with Crippen LogP contribution in [0, 0.1) is 0 Å². The summed E-state index contributed by atoms with van der Waals surface area (Å²) in [7, 11) is 2.06. The summed E-state index contributed by atoms with van der Waals surface area (Å²) < 4.78 is 0. The fourth-order valence-electron chi connectivity index (χ4n) is 2.09. The minimum Gasteiger partial charge on any atom is -0.335 e. The standard InChI is InChI=1S/C12H16Cl2N4O/c1-12(2)7-18(5-4-17(12)3)11(19)8-6-9(13)15-16-10(8)14/h6H,4-5,7H2,1-3H3. The number of carbonyl (C=O) groups excluding carboxylic acids is 1. The van der Waals surface area contributed by atoms with Gasteiger partial charge in [0, 0.05) is 25.2 Å². The van der Waals surface area contributed by atoms with E-state index in [1.165, 1.54) is 6.07 Å². The summed E-state index contributed by atoms with van der Waals surface area (Å²) in [6.07, 6.45) is 0. The van der Waals surface area contributed by atoms with Crippen LogP contribution in [-0.2, 0) is 0 Å². The lowest BCUT2D eigenvalue weighted by Crippen LogP contribution is -2.58. The number of halogens is 2. The third kappa shape index (κ3) is 2.99. The second-order valence-electron chi connectivity index (χ2n) is 5.33. The zero-order valence-corrected chi connectivity index (χ0v) is 12.7. The van der Waals surface area contributed by atoms with Crippen molar-refractivity contribution in [3.63, 3.8) is 0 Å². The maximum Gasteiger partial charge on any atom is 0.257 e. The van der Waals surface area contributed by atoms with Crippen molar-refractivity contribution in [2.75, 3.05) is 26.7 Å². The Morgan fingerprint density at radius 1 is 1.32 bits per heavy atom. The molecular formula is C12H16Cl2N4O. The van der Waals surface area contributed by atoms with Gasteiger partial charge in [0.25, 0.3) is 5.91 Å². The van der Waals surface area contributed by atoms with Crippen LogP contribution in [0.5, 0.6) is 0 Å². The molecule has 1 fully saturated rings. The molecule has 2 heterocycles. The highest BCUT2D eigenvalue weighted by Gasteiger charge is 2.34. The van der Waals surface area contributed by atoms with E-state index in [4.69, 9.17) is 23.2 Å². The van der Waals surface area contributed by atoms with Gasteiger partial charge in [-0.05, 0) is 27.0 Å². The van der Waals surface area contributed by atoms with Crippen molar-refractivity contribution in [2.45, 2.75) is 19.4 Å². The van der Waals surface area contributed by atoms with E-state index in [0.717, 1.165) is 6.54 Å². The summed E-state index contributed by atoms with van der Waals surface area (Å²) in [5, 5.41) is 7.54. The van der Waals surface area contributed by atoms with E-state index in [-0.39, 0.29) is 21.8 Å². The van der Waals surface area contributed by atoms with E-state index < -0.39 is 0 Å². The molecule has 104 valence electrons. The number of aromatic nitrogens is 2. The van der Waals surface area contributed by atoms with Crippen LogP contribution in [0.15, 0.2) is 6.07 Å². The predicted octanol–water partition coefficient (Wildman–Crippen LogP) is 1.95. The van der Waals surface area contributed by atoms with Crippen LogP contribution in [0.3, 0.4) is 0 Å². The molecule has 1 aliphatic rings. The molecule has 0 radical (unpaired) electrons. The summed E-state index contributed by atoms with van der Waals surface area (Å²) in [5.74, 6) is -0.150. The van der Waals surface area contributed by atoms with Gasteiger partial charge >= 0.3 is 0 Å². The van der Waals surface area contributed by atoms with Crippen molar-refractivity contribution >= 4 is 29.1 Å². The first-order valence-electron chi connectivity index (χ1n) is 6.00. The number of nitrogens with zero attached hydrogens (tertiary/aromatic N) is 4. The van der Waals surface area contributed by atoms with E-state index in [9.17, 15) is 4.79 Å². The number of hydrogen-bond acceptors (Lipinski definition) is 4. The Morgan fingerprint density at radius 3 is 2.63 bits per heavy atom. The predicted molar refractivity (Wildman–Crippen MR) is 74.7 cm³/mol. The van der Waals surface area contributed by atoms with Crippen molar-refractivity contribution in [2.24, 2.45) is 0 Å². The molecule has 1 aromatic heterocycles. The largest absolute Gasteiger partial charge is 0.335 e. The van der Waals surface area contributed by atoms with Gasteiger partial charge in [-0.15, -0.1) is 10.2 Å². The molecule has 0 N–H and O–H groups in total. The van der Waals surface area contributed by atoms with Gasteiger partial charge in [-0.25, -0.2) is 0 Å². The highest BCUT2D eigenvalue weighted by Crippen LogP contribution is 2.23. The molecule has 0 spiro atoms. The first-order chi connectivity index (χ1) is 8.81. The van der Waals surface area contributed by atoms with Crippen LogP contribution in [0.4, 0.5) is 0 Å². The van der Waals surface area contributed by atoms with Crippen LogP contribution >= 0.6 is 23.2 Å². The molecule has 1 saturated heterocycles. The zero-order valence-electron chi connectivity index (χ0n) is 11.2. The maximum atomic E-state index is 12.5. The number of hydrogen-bond donors (Lipinski definition) is 0. The molecule has 0 unspecified atom stereocenters. The maximum absolute atomic E-state index is 12.5. The minimum absolute atomic E-state index is 0.0648. The van der Waals surface area contributed by atoms with E-state index in [1.54, 1.807) is 4.90 Å². The molecule has 2 rings (SSSR count). The molecule has 1 aliphatic heterocycles. The SMILES string of the molecule is CN1CCN(C(=O)c2cc(Cl)nnc2Cl)CC1(C)C. The van der Waals surface area contributed by atoms with Crippen LogP contribution < -0.4 is 0 Å². The van der Waals surface area contributed by atoms with Crippen LogP contribution in [0.1, 0.15) is 24.2 Å². The van der Waals surface area contributed by atoms with E-state index >= 15 is 0 Å². The van der Waals surface area contributed by atoms with Crippen molar-refractivity contribution in [1.29, 1.82) is 0 Å². The normalized spacial score (nSPS) is 19.5. The van der Waals surface area contributed by atoms with E-state index in [0.29, 0.717) is 18.7 Å². The fourth-order valence-corrected chi connectivity index (χ4v) is 2.41. The van der Waals surface area contributed by atoms with Gasteiger partial charge in [0.15, 0.2) is 10.3 Å². The fraction of sp³-hybridized carbons (Fsp3) is 0.583. The van der Waals surface area contributed by atoms with E-state index in [1.807, 2.05) is 0 Å². The highest BCUT2D eigenvalue weighted by atomic mass is 35.5. The summed E-state index contributed by atoms with van der Waals surface area (Å²) in [6, 6.07) is 1.46. The van der Waals surface area contributed by atoms with E-state index in [2.05, 4.69) is 36.0 Å². The van der Waals surface area contributed by atoms with Gasteiger partial charge in [-0.1, -0.05) is 23.2 Å². The molecule has 0 bridgehead atoms. The number of amides is 1. The van der Waals surface area contributed by atoms with Gasteiger partial charge in [0.1, 0.15) is 0 Å². The highest BCUT2D eigenvalue weighted by molar-refractivity contribution is 6.34. The van der Waals surface area contributed by atoms with Gasteiger partial charge in [-0.3, -0.25) is 9.69 Å². The molecule has 0 atom stereocenters. The van der Waals surface area contributed by atoms with Crippen LogP contribution in [-0.4, -0.2) is 58.1 Å². The molecule has 5 nitrogen and oxygen atoms in total. The lowest BCUT2D eigenvalue weighted by Gasteiger charge is -2.45. The lowest BCUT2D eigenvalue weighted by molar-refractivity contribution is 0.0311. The average Bonchev–Trinajstić information content (AvgIpc) is 2.35. The molecule has 0 aromatic carbocycles. The van der Waals surface area contributed by atoms with Crippen LogP contribution in [0.2, 0.25) is 10.3 Å². The molecule has 19 heavy (non-hydrogen) atoms. The monoisotopic (exact) mass is 302 g/mol. The molecule has 1 amide bonds. The molecule has 0 aliphatic carbocycles. The van der Waals surface area contributed by atoms with Crippen molar-refractivity contribution in [3.05, 3.63) is 21.9 Å². The summed E-state index contributed by atoms with van der Waals surface area (Å²) in [4.78, 5) is 16.5. The molecule has 0 saturated carbocycles. The second kappa shape index (κ2) is 5.23. The molecular weight excluding hydrogens is 287 g/mol. The second-order valence-corrected chi connectivity index (χ2v) is 6.08. The first-order valence-corrected chi connectivity index (χ1v) is 6.76. The number of carbonyl (C=O) groups is 1. The number of rotatable bonds is 1. The third-order valence-corrected chi connectivity index (χ3v) is 4.02. The van der Waals surface area contributed by atoms with Gasteiger partial charge < -0.3 is 4.90 Å². The first kappa shape index (κ1) is 14.5. The zero-order chi connectivity index (χ0) is 14.2. The number of likely N-dealkylation sites (N-methyl/N-ethyl adjacent to an activating group) is 1. The number of piperazine rings is 1. The smallest absolute Gasteiger partial charge is 0.257 e. The lowest BCUT2D eigenvalue weighted by atomic mass is 9.99. The quantitative estimate of drug-likeness (QED) is 0.795. The summed E-state index contributed by atoms with van der Waals surface area (Å²) >= 11 is 11.7. The Kier molecular flexibility index (Phi) is 3.99. The summed E-state index contributed by atoms with van der Waals surface area (Å²) in [6.45, 7) is 6.33. The molecule has 1 aromatic rings. The Labute approximate surface area is 122 Å². The Morgan fingerprint density at radius 2 is 2.00 bits per heavy atom. The van der Waals surface area contributed by atoms with Crippen molar-refractivity contribution in [3.8, 4) is 0 Å². The van der Waals surface area contributed by atoms with Crippen molar-refractivity contribution < 1.29 is 4.79 Å². The molecule has 7 heteroatoms. The van der Waals surface area contributed by atoms with Gasteiger partial charge in [0.05, 0.1) is 5.56 Å². The minimum atomic E-state index is -0.150. The van der Waals surface area contributed by atoms with Crippen LogP contribution in [0.25, 0.3) is 0 Å².